The molecule has 2 amide bonds. The zero-order chi connectivity index (χ0) is 32.9. The van der Waals surface area contributed by atoms with Gasteiger partial charge in [-0.1, -0.05) is 6.07 Å². The fourth-order valence-electron chi connectivity index (χ4n) is 7.15. The van der Waals surface area contributed by atoms with Crippen molar-refractivity contribution in [2.45, 2.75) is 78.0 Å². The molecule has 0 radical (unpaired) electrons. The van der Waals surface area contributed by atoms with Crippen LogP contribution in [0.15, 0.2) is 30.5 Å². The number of hydrogen-bond donors (Lipinski definition) is 0. The number of hydrogen-bond acceptors (Lipinski definition) is 6. The number of imidazole rings is 1. The summed E-state index contributed by atoms with van der Waals surface area (Å²) in [5.74, 6) is -0.221. The van der Waals surface area contributed by atoms with Crippen LogP contribution in [0.25, 0.3) is 16.6 Å². The van der Waals surface area contributed by atoms with Gasteiger partial charge < -0.3 is 28.6 Å². The van der Waals surface area contributed by atoms with Crippen molar-refractivity contribution in [1.29, 1.82) is 0 Å². The van der Waals surface area contributed by atoms with Crippen LogP contribution in [0, 0.1) is 24.6 Å². The topological polar surface area (TPSA) is 79.6 Å². The van der Waals surface area contributed by atoms with Gasteiger partial charge in [-0.25, -0.2) is 14.2 Å². The van der Waals surface area contributed by atoms with Crippen LogP contribution in [0.3, 0.4) is 0 Å². The van der Waals surface area contributed by atoms with Gasteiger partial charge in [0, 0.05) is 50.4 Å². The van der Waals surface area contributed by atoms with E-state index in [9.17, 15) is 14.0 Å². The second-order valence-corrected chi connectivity index (χ2v) is 14.3. The molecule has 6 rings (SSSR count). The second kappa shape index (κ2) is 12.6. The number of ether oxygens (including phenoxy) is 2. The smallest absolute Gasteiger partial charge is 0.410 e. The van der Waals surface area contributed by atoms with E-state index in [1.165, 1.54) is 12.1 Å². The molecule has 9 nitrogen and oxygen atoms in total. The molecule has 0 bridgehead atoms. The lowest BCUT2D eigenvalue weighted by Crippen LogP contribution is -2.52. The van der Waals surface area contributed by atoms with Crippen LogP contribution in [0.5, 0.6) is 0 Å². The summed E-state index contributed by atoms with van der Waals surface area (Å²) < 4.78 is 43.0. The number of carbonyl (C=O) groups excluding carboxylic acids is 2. The predicted octanol–water partition coefficient (Wildman–Crippen LogP) is 5.88. The monoisotopic (exact) mass is 637 g/mol. The number of halogens is 2. The highest BCUT2D eigenvalue weighted by Crippen LogP contribution is 2.37. The number of nitrogens with zero attached hydrogens (tertiary/aromatic N) is 5. The van der Waals surface area contributed by atoms with Gasteiger partial charge in [-0.2, -0.15) is 4.39 Å². The Hall–Kier alpha value is -3.57. The van der Waals surface area contributed by atoms with Crippen LogP contribution in [-0.2, 0) is 9.47 Å². The van der Waals surface area contributed by atoms with Crippen LogP contribution >= 0.6 is 0 Å². The normalized spacial score (nSPS) is 21.9. The molecule has 2 atom stereocenters. The number of rotatable bonds is 5. The first-order chi connectivity index (χ1) is 21.8. The van der Waals surface area contributed by atoms with Gasteiger partial charge in [0.05, 0.1) is 30.9 Å². The van der Waals surface area contributed by atoms with Crippen molar-refractivity contribution in [3.05, 3.63) is 59.2 Å². The fourth-order valence-corrected chi connectivity index (χ4v) is 7.15. The summed E-state index contributed by atoms with van der Waals surface area (Å²) in [6.07, 6.45) is 3.58. The van der Waals surface area contributed by atoms with E-state index in [1.807, 2.05) is 46.9 Å². The minimum Gasteiger partial charge on any atom is -0.444 e. The highest BCUT2D eigenvalue weighted by atomic mass is 19.1. The van der Waals surface area contributed by atoms with Gasteiger partial charge in [-0.15, -0.1) is 0 Å². The number of fused-ring (bicyclic) bond motifs is 1. The molecule has 3 saturated heterocycles. The van der Waals surface area contributed by atoms with Gasteiger partial charge in [0.15, 0.2) is 0 Å². The lowest BCUT2D eigenvalue weighted by Gasteiger charge is -2.43. The number of aryl methyl sites for hydroxylation is 1. The Kier molecular flexibility index (Phi) is 8.84. The molecule has 0 spiro atoms. The third-order valence-electron chi connectivity index (χ3n) is 9.50. The Labute approximate surface area is 269 Å². The van der Waals surface area contributed by atoms with Gasteiger partial charge >= 0.3 is 6.09 Å². The number of aromatic nitrogens is 2. The molecule has 3 fully saturated rings. The predicted molar refractivity (Wildman–Crippen MR) is 171 cm³/mol. The van der Waals surface area contributed by atoms with Crippen LogP contribution in [0.1, 0.15) is 75.1 Å². The van der Waals surface area contributed by atoms with E-state index in [2.05, 4.69) is 9.88 Å². The fraction of sp³-hybridized carbons (Fsp3) is 0.571. The van der Waals surface area contributed by atoms with Gasteiger partial charge in [0.25, 0.3) is 5.91 Å². The van der Waals surface area contributed by atoms with Gasteiger partial charge in [-0.3, -0.25) is 4.79 Å². The maximum Gasteiger partial charge on any atom is 0.410 e. The number of piperidine rings is 1. The zero-order valence-corrected chi connectivity index (χ0v) is 27.7. The summed E-state index contributed by atoms with van der Waals surface area (Å²) in [4.78, 5) is 36.5. The van der Waals surface area contributed by atoms with Crippen molar-refractivity contribution < 1.29 is 27.8 Å². The molecule has 3 aliphatic rings. The first-order valence-corrected chi connectivity index (χ1v) is 16.4. The lowest BCUT2D eigenvalue weighted by atomic mass is 9.87. The van der Waals surface area contributed by atoms with Crippen molar-refractivity contribution in [2.75, 3.05) is 45.9 Å². The molecular formula is C35H45F2N5O4. The maximum absolute atomic E-state index is 15.4. The number of likely N-dealkylation sites (tertiary alicyclic amines) is 2. The van der Waals surface area contributed by atoms with Crippen molar-refractivity contribution >= 4 is 17.5 Å². The molecule has 3 aliphatic heterocycles. The number of amides is 2. The van der Waals surface area contributed by atoms with E-state index in [1.54, 1.807) is 27.2 Å². The zero-order valence-electron chi connectivity index (χ0n) is 27.7. The number of carbonyl (C=O) groups is 2. The summed E-state index contributed by atoms with van der Waals surface area (Å²) in [6, 6.07) is 5.75. The molecule has 3 aromatic rings. The lowest BCUT2D eigenvalue weighted by molar-refractivity contribution is -0.0249. The Morgan fingerprint density at radius 1 is 1.02 bits per heavy atom. The molecular weight excluding hydrogens is 592 g/mol. The molecule has 0 N–H and O–H groups in total. The van der Waals surface area contributed by atoms with Crippen molar-refractivity contribution in [1.82, 2.24) is 24.1 Å². The quantitative estimate of drug-likeness (QED) is 0.348. The molecule has 248 valence electrons. The minimum absolute atomic E-state index is 0.182. The average Bonchev–Trinajstić information content (AvgIpc) is 3.26. The van der Waals surface area contributed by atoms with Gasteiger partial charge in [0.1, 0.15) is 22.8 Å². The second-order valence-electron chi connectivity index (χ2n) is 14.3. The third kappa shape index (κ3) is 6.49. The van der Waals surface area contributed by atoms with Crippen molar-refractivity contribution in [3.63, 3.8) is 0 Å². The summed E-state index contributed by atoms with van der Waals surface area (Å²) >= 11 is 0. The largest absolute Gasteiger partial charge is 0.444 e. The molecule has 5 heterocycles. The van der Waals surface area contributed by atoms with Crippen molar-refractivity contribution in [2.24, 2.45) is 5.92 Å². The number of benzene rings is 1. The van der Waals surface area contributed by atoms with Crippen LogP contribution in [-0.4, -0.2) is 99.7 Å². The number of morpholine rings is 1. The summed E-state index contributed by atoms with van der Waals surface area (Å²) in [6.45, 7) is 16.1. The highest BCUT2D eigenvalue weighted by Gasteiger charge is 2.35. The first kappa shape index (κ1) is 32.4. The highest BCUT2D eigenvalue weighted by molar-refractivity contribution is 6.03. The molecule has 2 aromatic heterocycles. The van der Waals surface area contributed by atoms with Crippen LogP contribution in [0.4, 0.5) is 13.6 Å². The van der Waals surface area contributed by atoms with E-state index >= 15 is 4.39 Å². The molecule has 0 saturated carbocycles. The molecule has 0 unspecified atom stereocenters. The Bertz CT molecular complexity index is 1610. The first-order valence-electron chi connectivity index (χ1n) is 16.4. The standard InChI is InChI=1S/C35H45F2N5O4/c1-21-19-45-20-22(2)42(21)33(43)30-14-27(36)7-8-28(30)29-13-25(18-41-23(3)38-32(37)31(29)41)26-16-39(17-26)15-24-9-11-40(12-10-24)34(44)46-35(4,5)6/h7-8,13-14,18,21-22,24,26H,9-12,15-17,19-20H2,1-6H3/t21-,22-/m1/s1. The average molecular weight is 638 g/mol. The molecule has 0 aliphatic carbocycles. The molecule has 1 aromatic carbocycles. The van der Waals surface area contributed by atoms with E-state index in [0.29, 0.717) is 49.2 Å². The van der Waals surface area contributed by atoms with Gasteiger partial charge in [-0.05, 0) is 89.6 Å². The third-order valence-corrected chi connectivity index (χ3v) is 9.50. The van der Waals surface area contributed by atoms with E-state index in [-0.39, 0.29) is 41.1 Å². The molecule has 46 heavy (non-hydrogen) atoms. The summed E-state index contributed by atoms with van der Waals surface area (Å²) in [7, 11) is 0. The van der Waals surface area contributed by atoms with E-state index in [4.69, 9.17) is 9.47 Å². The van der Waals surface area contributed by atoms with Crippen LogP contribution < -0.4 is 0 Å². The van der Waals surface area contributed by atoms with Gasteiger partial charge in [0.2, 0.25) is 5.95 Å². The summed E-state index contributed by atoms with van der Waals surface area (Å²) in [5.41, 5.74) is 2.01. The SMILES string of the molecule is Cc1nc(F)c2c(-c3ccc(F)cc3C(=O)N3[C@H](C)COC[C@H]3C)cc(C3CN(CC4CCN(C(=O)OC(C)(C)C)CC4)C3)cn12. The maximum atomic E-state index is 15.4. The minimum atomic E-state index is -0.622. The van der Waals surface area contributed by atoms with E-state index in [0.717, 1.165) is 38.0 Å². The van der Waals surface area contributed by atoms with Crippen LogP contribution in [0.2, 0.25) is 0 Å². The van der Waals surface area contributed by atoms with Crippen molar-refractivity contribution in [3.8, 4) is 11.1 Å². The summed E-state index contributed by atoms with van der Waals surface area (Å²) in [5, 5.41) is 0. The Balaban J connectivity index is 1.21. The Morgan fingerprint density at radius 3 is 2.35 bits per heavy atom. The Morgan fingerprint density at radius 2 is 1.70 bits per heavy atom. The van der Waals surface area contributed by atoms with E-state index < -0.39 is 17.4 Å². The number of pyridine rings is 1. The molecule has 11 heteroatoms.